The number of piperidine rings is 1. The molecule has 2 saturated heterocycles. The van der Waals surface area contributed by atoms with Crippen LogP contribution in [-0.2, 0) is 23.1 Å². The standard InChI is InChI=1S/C27H37N3O4S/c1-34-26-14-13-24(19-25(26)27(31)30-17-9-2-3-10-18-30)35(32,33)28-20-22-11-5-6-12-23(22)21-29-15-7-4-8-16-29/h5-6,11-14,19,28H,2-4,7-10,15-18,20-21H2,1H3. The molecule has 0 radical (unpaired) electrons. The summed E-state index contributed by atoms with van der Waals surface area (Å²) in [5.41, 5.74) is 2.41. The van der Waals surface area contributed by atoms with E-state index in [1.165, 1.54) is 38.5 Å². The first-order valence-corrected chi connectivity index (χ1v) is 14.2. The number of carbonyl (C=O) groups excluding carboxylic acids is 1. The molecule has 2 heterocycles. The number of nitrogens with zero attached hydrogens (tertiary/aromatic N) is 2. The number of likely N-dealkylation sites (tertiary alicyclic amines) is 2. The van der Waals surface area contributed by atoms with Crippen LogP contribution in [0.4, 0.5) is 0 Å². The molecule has 35 heavy (non-hydrogen) atoms. The summed E-state index contributed by atoms with van der Waals surface area (Å²) in [5.74, 6) is 0.220. The fraction of sp³-hybridized carbons (Fsp3) is 0.519. The maximum atomic E-state index is 13.3. The van der Waals surface area contributed by atoms with E-state index in [0.717, 1.165) is 56.4 Å². The molecule has 190 valence electrons. The van der Waals surface area contributed by atoms with Gasteiger partial charge in [0, 0.05) is 26.2 Å². The van der Waals surface area contributed by atoms with Gasteiger partial charge in [0.05, 0.1) is 17.6 Å². The largest absolute Gasteiger partial charge is 0.496 e. The van der Waals surface area contributed by atoms with Gasteiger partial charge < -0.3 is 9.64 Å². The van der Waals surface area contributed by atoms with E-state index in [1.807, 2.05) is 23.1 Å². The van der Waals surface area contributed by atoms with E-state index >= 15 is 0 Å². The average Bonchev–Trinajstić information content (AvgIpc) is 3.18. The number of amides is 1. The van der Waals surface area contributed by atoms with Gasteiger partial charge in [0.2, 0.25) is 10.0 Å². The molecular weight excluding hydrogens is 462 g/mol. The zero-order chi connectivity index (χ0) is 24.7. The molecule has 1 N–H and O–H groups in total. The van der Waals surface area contributed by atoms with Gasteiger partial charge in [-0.3, -0.25) is 9.69 Å². The topological polar surface area (TPSA) is 79.0 Å². The van der Waals surface area contributed by atoms with Crippen molar-refractivity contribution in [1.82, 2.24) is 14.5 Å². The van der Waals surface area contributed by atoms with Gasteiger partial charge in [-0.05, 0) is 68.1 Å². The van der Waals surface area contributed by atoms with Crippen molar-refractivity contribution in [3.8, 4) is 5.75 Å². The molecule has 2 fully saturated rings. The molecule has 0 aromatic heterocycles. The van der Waals surface area contributed by atoms with Crippen molar-refractivity contribution in [3.63, 3.8) is 0 Å². The molecule has 0 spiro atoms. The Bertz CT molecular complexity index is 1110. The molecule has 2 aromatic carbocycles. The van der Waals surface area contributed by atoms with Gasteiger partial charge in [-0.25, -0.2) is 13.1 Å². The van der Waals surface area contributed by atoms with Gasteiger partial charge in [0.15, 0.2) is 0 Å². The average molecular weight is 500 g/mol. The smallest absolute Gasteiger partial charge is 0.257 e. The Morgan fingerprint density at radius 2 is 1.51 bits per heavy atom. The number of ether oxygens (including phenoxy) is 1. The molecule has 0 aliphatic carbocycles. The van der Waals surface area contributed by atoms with E-state index in [0.29, 0.717) is 24.4 Å². The van der Waals surface area contributed by atoms with Gasteiger partial charge in [-0.1, -0.05) is 43.5 Å². The van der Waals surface area contributed by atoms with Crippen LogP contribution in [-0.4, -0.2) is 57.4 Å². The van der Waals surface area contributed by atoms with Crippen LogP contribution in [0.3, 0.4) is 0 Å². The number of hydrogen-bond donors (Lipinski definition) is 1. The zero-order valence-electron chi connectivity index (χ0n) is 20.7. The van der Waals surface area contributed by atoms with Crippen molar-refractivity contribution in [3.05, 3.63) is 59.2 Å². The molecule has 7 nitrogen and oxygen atoms in total. The highest BCUT2D eigenvalue weighted by Crippen LogP contribution is 2.26. The second kappa shape index (κ2) is 12.0. The number of carbonyl (C=O) groups is 1. The first-order valence-electron chi connectivity index (χ1n) is 12.7. The number of methoxy groups -OCH3 is 1. The molecule has 0 saturated carbocycles. The van der Waals surface area contributed by atoms with Crippen LogP contribution in [0.25, 0.3) is 0 Å². The highest BCUT2D eigenvalue weighted by Gasteiger charge is 2.24. The number of hydrogen-bond acceptors (Lipinski definition) is 5. The van der Waals surface area contributed by atoms with E-state index in [2.05, 4.69) is 15.7 Å². The second-order valence-corrected chi connectivity index (χ2v) is 11.3. The van der Waals surface area contributed by atoms with Crippen LogP contribution in [0.15, 0.2) is 47.4 Å². The highest BCUT2D eigenvalue weighted by molar-refractivity contribution is 7.89. The molecule has 0 atom stereocenters. The van der Waals surface area contributed by atoms with Crippen LogP contribution in [0, 0.1) is 0 Å². The number of rotatable bonds is 8. The number of benzene rings is 2. The molecule has 4 rings (SSSR count). The van der Waals surface area contributed by atoms with Gasteiger partial charge in [-0.15, -0.1) is 0 Å². The molecule has 2 aliphatic rings. The van der Waals surface area contributed by atoms with Gasteiger partial charge in [-0.2, -0.15) is 0 Å². The fourth-order valence-electron chi connectivity index (χ4n) is 4.96. The fourth-order valence-corrected chi connectivity index (χ4v) is 6.00. The zero-order valence-corrected chi connectivity index (χ0v) is 21.5. The Kier molecular flexibility index (Phi) is 8.81. The Morgan fingerprint density at radius 1 is 0.886 bits per heavy atom. The highest BCUT2D eigenvalue weighted by atomic mass is 32.2. The van der Waals surface area contributed by atoms with E-state index in [-0.39, 0.29) is 17.3 Å². The predicted molar refractivity (Wildman–Crippen MR) is 137 cm³/mol. The minimum absolute atomic E-state index is 0.0741. The number of sulfonamides is 1. The lowest BCUT2D eigenvalue weighted by molar-refractivity contribution is 0.0758. The molecule has 2 aliphatic heterocycles. The van der Waals surface area contributed by atoms with Crippen LogP contribution in [0.1, 0.15) is 66.4 Å². The van der Waals surface area contributed by atoms with E-state index in [1.54, 1.807) is 6.07 Å². The lowest BCUT2D eigenvalue weighted by atomic mass is 10.1. The van der Waals surface area contributed by atoms with Gasteiger partial charge >= 0.3 is 0 Å². The minimum atomic E-state index is -3.82. The molecule has 1 amide bonds. The molecule has 8 heteroatoms. The second-order valence-electron chi connectivity index (χ2n) is 9.50. The molecule has 0 bridgehead atoms. The van der Waals surface area contributed by atoms with Crippen molar-refractivity contribution in [2.45, 2.75) is 62.9 Å². The first-order chi connectivity index (χ1) is 17.0. The minimum Gasteiger partial charge on any atom is -0.496 e. The molecule has 0 unspecified atom stereocenters. The summed E-state index contributed by atoms with van der Waals surface area (Å²) in [5, 5.41) is 0. The summed E-state index contributed by atoms with van der Waals surface area (Å²) in [6, 6.07) is 12.5. The Hall–Kier alpha value is -2.42. The normalized spacial score (nSPS) is 17.7. The van der Waals surface area contributed by atoms with Crippen molar-refractivity contribution < 1.29 is 17.9 Å². The van der Waals surface area contributed by atoms with E-state index in [9.17, 15) is 13.2 Å². The van der Waals surface area contributed by atoms with E-state index < -0.39 is 10.0 Å². The molecule has 2 aromatic rings. The quantitative estimate of drug-likeness (QED) is 0.590. The monoisotopic (exact) mass is 499 g/mol. The summed E-state index contributed by atoms with van der Waals surface area (Å²) >= 11 is 0. The number of nitrogens with one attached hydrogen (secondary N) is 1. The van der Waals surface area contributed by atoms with Crippen molar-refractivity contribution in [1.29, 1.82) is 0 Å². The summed E-state index contributed by atoms with van der Waals surface area (Å²) < 4.78 is 34.6. The van der Waals surface area contributed by atoms with Crippen molar-refractivity contribution in [2.75, 3.05) is 33.3 Å². The third-order valence-corrected chi connectivity index (χ3v) is 8.42. The van der Waals surface area contributed by atoms with Crippen LogP contribution in [0.5, 0.6) is 5.75 Å². The first kappa shape index (κ1) is 25.7. The third kappa shape index (κ3) is 6.63. The summed E-state index contributed by atoms with van der Waals surface area (Å²) in [6.07, 6.45) is 7.85. The van der Waals surface area contributed by atoms with E-state index in [4.69, 9.17) is 4.74 Å². The van der Waals surface area contributed by atoms with Crippen molar-refractivity contribution >= 4 is 15.9 Å². The maximum absolute atomic E-state index is 13.3. The summed E-state index contributed by atoms with van der Waals surface area (Å²) in [7, 11) is -2.32. The molecular formula is C27H37N3O4S. The Balaban J connectivity index is 1.50. The van der Waals surface area contributed by atoms with Crippen LogP contribution in [0.2, 0.25) is 0 Å². The lowest BCUT2D eigenvalue weighted by Crippen LogP contribution is -2.32. The van der Waals surface area contributed by atoms with Crippen molar-refractivity contribution in [2.24, 2.45) is 0 Å². The van der Waals surface area contributed by atoms with Crippen LogP contribution < -0.4 is 9.46 Å². The van der Waals surface area contributed by atoms with Gasteiger partial charge in [0.25, 0.3) is 5.91 Å². The third-order valence-electron chi connectivity index (χ3n) is 7.02. The summed E-state index contributed by atoms with van der Waals surface area (Å²) in [4.78, 5) is 17.6. The Labute approximate surface area is 209 Å². The Morgan fingerprint density at radius 3 is 2.20 bits per heavy atom. The SMILES string of the molecule is COc1ccc(S(=O)(=O)NCc2ccccc2CN2CCCCC2)cc1C(=O)N1CCCCCC1. The van der Waals surface area contributed by atoms with Gasteiger partial charge in [0.1, 0.15) is 5.75 Å². The van der Waals surface area contributed by atoms with Crippen LogP contribution >= 0.6 is 0 Å². The lowest BCUT2D eigenvalue weighted by Gasteiger charge is -2.27. The predicted octanol–water partition coefficient (Wildman–Crippen LogP) is 4.18. The maximum Gasteiger partial charge on any atom is 0.257 e. The summed E-state index contributed by atoms with van der Waals surface area (Å²) in [6.45, 7) is 4.57.